The van der Waals surface area contributed by atoms with E-state index in [-0.39, 0.29) is 6.10 Å². The molecule has 1 aromatic heterocycles. The van der Waals surface area contributed by atoms with Crippen LogP contribution >= 0.6 is 22.9 Å². The van der Waals surface area contributed by atoms with Gasteiger partial charge in [0.15, 0.2) is 0 Å². The molecule has 3 nitrogen and oxygen atoms in total. The van der Waals surface area contributed by atoms with E-state index in [1.54, 1.807) is 11.3 Å². The summed E-state index contributed by atoms with van der Waals surface area (Å²) in [5, 5.41) is 2.81. The van der Waals surface area contributed by atoms with Crippen LogP contribution in [0.3, 0.4) is 0 Å². The van der Waals surface area contributed by atoms with E-state index in [0.717, 1.165) is 38.2 Å². The molecule has 3 rings (SSSR count). The third kappa shape index (κ3) is 3.51. The van der Waals surface area contributed by atoms with Crippen LogP contribution in [0, 0.1) is 0 Å². The molecule has 0 atom stereocenters. The van der Waals surface area contributed by atoms with Crippen molar-refractivity contribution in [3.05, 3.63) is 45.9 Å². The predicted octanol–water partition coefficient (Wildman–Crippen LogP) is 3.84. The minimum absolute atomic E-state index is 0.265. The lowest BCUT2D eigenvalue weighted by atomic mass is 10.1. The Balaban J connectivity index is 1.50. The molecule has 0 N–H and O–H groups in total. The molecule has 2 aromatic rings. The number of benzene rings is 1. The van der Waals surface area contributed by atoms with Gasteiger partial charge in [0.25, 0.3) is 0 Å². The molecule has 1 aliphatic heterocycles. The van der Waals surface area contributed by atoms with Crippen LogP contribution in [0.5, 0.6) is 5.75 Å². The van der Waals surface area contributed by atoms with Crippen molar-refractivity contribution in [3.8, 4) is 5.75 Å². The molecule has 1 aromatic carbocycles. The Bertz CT molecular complexity index is 539. The Kier molecular flexibility index (Phi) is 4.55. The fraction of sp³-hybridized carbons (Fsp3) is 0.400. The highest BCUT2D eigenvalue weighted by atomic mass is 35.5. The van der Waals surface area contributed by atoms with Gasteiger partial charge in [0, 0.05) is 25.0 Å². The molecule has 1 saturated heterocycles. The van der Waals surface area contributed by atoms with Crippen molar-refractivity contribution in [1.82, 2.24) is 9.88 Å². The first-order valence-electron chi connectivity index (χ1n) is 6.82. The Morgan fingerprint density at radius 1 is 1.30 bits per heavy atom. The topological polar surface area (TPSA) is 25.4 Å². The molecule has 0 unspecified atom stereocenters. The van der Waals surface area contributed by atoms with Gasteiger partial charge in [0.2, 0.25) is 0 Å². The van der Waals surface area contributed by atoms with E-state index in [9.17, 15) is 0 Å². The first-order chi connectivity index (χ1) is 9.81. The second-order valence-corrected chi connectivity index (χ2v) is 6.13. The Morgan fingerprint density at radius 2 is 2.10 bits per heavy atom. The van der Waals surface area contributed by atoms with Crippen LogP contribution < -0.4 is 4.74 Å². The van der Waals surface area contributed by atoms with Gasteiger partial charge in [-0.15, -0.1) is 11.3 Å². The molecule has 0 radical (unpaired) electrons. The summed E-state index contributed by atoms with van der Waals surface area (Å²) in [6.07, 6.45) is 2.34. The van der Waals surface area contributed by atoms with Crippen LogP contribution in [0.1, 0.15) is 18.5 Å². The molecular weight excluding hydrogens is 292 g/mol. The largest absolute Gasteiger partial charge is 0.489 e. The Labute approximate surface area is 128 Å². The Morgan fingerprint density at radius 3 is 2.80 bits per heavy atom. The fourth-order valence-electron chi connectivity index (χ4n) is 2.45. The van der Waals surface area contributed by atoms with Gasteiger partial charge in [-0.1, -0.05) is 23.7 Å². The number of nitrogens with zero attached hydrogens (tertiary/aromatic N) is 2. The lowest BCUT2D eigenvalue weighted by Gasteiger charge is -2.31. The highest BCUT2D eigenvalue weighted by Gasteiger charge is 2.21. The van der Waals surface area contributed by atoms with Gasteiger partial charge in [-0.25, -0.2) is 4.98 Å². The molecule has 0 spiro atoms. The van der Waals surface area contributed by atoms with E-state index < -0.39 is 0 Å². The first-order valence-corrected chi connectivity index (χ1v) is 8.14. The van der Waals surface area contributed by atoms with Gasteiger partial charge in [-0.05, 0) is 25.0 Å². The number of para-hydroxylation sites is 1. The number of aromatic nitrogens is 1. The van der Waals surface area contributed by atoms with Crippen molar-refractivity contribution in [2.45, 2.75) is 25.5 Å². The summed E-state index contributed by atoms with van der Waals surface area (Å²) < 4.78 is 6.00. The maximum atomic E-state index is 6.12. The summed E-state index contributed by atoms with van der Waals surface area (Å²) in [4.78, 5) is 6.77. The second-order valence-electron chi connectivity index (χ2n) is 5.00. The van der Waals surface area contributed by atoms with E-state index in [4.69, 9.17) is 16.3 Å². The Hall–Kier alpha value is -1.10. The van der Waals surface area contributed by atoms with Crippen molar-refractivity contribution in [3.63, 3.8) is 0 Å². The highest BCUT2D eigenvalue weighted by molar-refractivity contribution is 7.07. The molecule has 1 aliphatic rings. The molecule has 0 saturated carbocycles. The number of likely N-dealkylation sites (tertiary alicyclic amines) is 1. The van der Waals surface area contributed by atoms with E-state index in [2.05, 4.69) is 15.3 Å². The zero-order chi connectivity index (χ0) is 13.8. The smallest absolute Gasteiger partial charge is 0.138 e. The number of ether oxygens (including phenoxy) is 1. The predicted molar refractivity (Wildman–Crippen MR) is 82.5 cm³/mol. The number of hydrogen-bond donors (Lipinski definition) is 0. The van der Waals surface area contributed by atoms with E-state index in [1.165, 1.54) is 5.69 Å². The van der Waals surface area contributed by atoms with Crippen molar-refractivity contribution in [2.24, 2.45) is 0 Å². The minimum Gasteiger partial charge on any atom is -0.489 e. The first kappa shape index (κ1) is 13.9. The SMILES string of the molecule is Clc1ccccc1OC1CCN(Cc2cscn2)CC1. The van der Waals surface area contributed by atoms with Crippen LogP contribution in [0.15, 0.2) is 35.2 Å². The van der Waals surface area contributed by atoms with Crippen molar-refractivity contribution in [1.29, 1.82) is 0 Å². The van der Waals surface area contributed by atoms with Crippen LogP contribution in [-0.2, 0) is 6.54 Å². The number of halogens is 1. The number of piperidine rings is 1. The summed E-state index contributed by atoms with van der Waals surface area (Å²) in [5.74, 6) is 0.798. The lowest BCUT2D eigenvalue weighted by Crippen LogP contribution is -2.37. The molecular formula is C15H17ClN2OS. The maximum absolute atomic E-state index is 6.12. The second kappa shape index (κ2) is 6.57. The summed E-state index contributed by atoms with van der Waals surface area (Å²) in [7, 11) is 0. The van der Waals surface area contributed by atoms with Crippen LogP contribution in [0.2, 0.25) is 5.02 Å². The minimum atomic E-state index is 0.265. The average Bonchev–Trinajstić information content (AvgIpc) is 2.96. The monoisotopic (exact) mass is 308 g/mol. The molecule has 20 heavy (non-hydrogen) atoms. The number of hydrogen-bond acceptors (Lipinski definition) is 4. The molecule has 0 aliphatic carbocycles. The summed E-state index contributed by atoms with van der Waals surface area (Å²) >= 11 is 7.78. The van der Waals surface area contributed by atoms with Crippen molar-refractivity contribution >= 4 is 22.9 Å². The van der Waals surface area contributed by atoms with Crippen molar-refractivity contribution < 1.29 is 4.74 Å². The van der Waals surface area contributed by atoms with Crippen molar-refractivity contribution in [2.75, 3.05) is 13.1 Å². The third-order valence-corrected chi connectivity index (χ3v) is 4.48. The highest BCUT2D eigenvalue weighted by Crippen LogP contribution is 2.27. The summed E-state index contributed by atoms with van der Waals surface area (Å²) in [5.41, 5.74) is 3.06. The van der Waals surface area contributed by atoms with E-state index in [1.807, 2.05) is 29.8 Å². The van der Waals surface area contributed by atoms with Gasteiger partial charge in [0.1, 0.15) is 11.9 Å². The zero-order valence-electron chi connectivity index (χ0n) is 11.2. The summed E-state index contributed by atoms with van der Waals surface area (Å²) in [6, 6.07) is 7.68. The zero-order valence-corrected chi connectivity index (χ0v) is 12.7. The maximum Gasteiger partial charge on any atom is 0.138 e. The molecule has 0 bridgehead atoms. The van der Waals surface area contributed by atoms with Crippen LogP contribution in [0.4, 0.5) is 0 Å². The van der Waals surface area contributed by atoms with E-state index in [0.29, 0.717) is 5.02 Å². The van der Waals surface area contributed by atoms with Gasteiger partial charge in [-0.3, -0.25) is 4.90 Å². The number of thiazole rings is 1. The van der Waals surface area contributed by atoms with Gasteiger partial charge < -0.3 is 4.74 Å². The lowest BCUT2D eigenvalue weighted by molar-refractivity contribution is 0.0963. The van der Waals surface area contributed by atoms with Gasteiger partial charge >= 0.3 is 0 Å². The molecule has 5 heteroatoms. The van der Waals surface area contributed by atoms with Crippen LogP contribution in [0.25, 0.3) is 0 Å². The quantitative estimate of drug-likeness (QED) is 0.858. The molecule has 106 valence electrons. The molecule has 0 amide bonds. The molecule has 2 heterocycles. The van der Waals surface area contributed by atoms with Crippen LogP contribution in [-0.4, -0.2) is 29.1 Å². The fourth-order valence-corrected chi connectivity index (χ4v) is 3.18. The van der Waals surface area contributed by atoms with E-state index >= 15 is 0 Å². The van der Waals surface area contributed by atoms with Gasteiger partial charge in [-0.2, -0.15) is 0 Å². The average molecular weight is 309 g/mol. The number of rotatable bonds is 4. The summed E-state index contributed by atoms with van der Waals surface area (Å²) in [6.45, 7) is 3.04. The third-order valence-electron chi connectivity index (χ3n) is 3.53. The van der Waals surface area contributed by atoms with Gasteiger partial charge in [0.05, 0.1) is 16.2 Å². The normalized spacial score (nSPS) is 17.2. The standard InChI is InChI=1S/C15H17ClN2OS/c16-14-3-1-2-4-15(14)19-13-5-7-18(8-6-13)9-12-10-20-11-17-12/h1-4,10-11,13H,5-9H2. The molecule has 1 fully saturated rings.